The second-order valence-corrected chi connectivity index (χ2v) is 19.7. The molecule has 2 aliphatic rings. The van der Waals surface area contributed by atoms with Gasteiger partial charge in [0, 0.05) is 27.6 Å². The smallest absolute Gasteiger partial charge is 0.0546 e. The molecule has 0 amide bonds. The van der Waals surface area contributed by atoms with Crippen molar-refractivity contribution in [2.45, 2.75) is 64.7 Å². The van der Waals surface area contributed by atoms with Crippen molar-refractivity contribution in [1.29, 1.82) is 0 Å². The van der Waals surface area contributed by atoms with Crippen molar-refractivity contribution >= 4 is 27.8 Å². The van der Waals surface area contributed by atoms with E-state index in [2.05, 4.69) is 247 Å². The molecule has 0 saturated heterocycles. The number of fused-ring (bicyclic) bond motifs is 7. The lowest BCUT2D eigenvalue weighted by Gasteiger charge is -2.32. The summed E-state index contributed by atoms with van der Waals surface area (Å²) in [5.41, 5.74) is 22.6. The van der Waals surface area contributed by atoms with Gasteiger partial charge in [-0.3, -0.25) is 0 Å². The summed E-state index contributed by atoms with van der Waals surface area (Å²) in [4.78, 5) is 2.57. The minimum atomic E-state index is -0.131. The van der Waals surface area contributed by atoms with Crippen LogP contribution >= 0.6 is 0 Å². The van der Waals surface area contributed by atoms with Gasteiger partial charge < -0.3 is 4.90 Å². The van der Waals surface area contributed by atoms with Crippen molar-refractivity contribution in [3.63, 3.8) is 0 Å². The van der Waals surface area contributed by atoms with Crippen LogP contribution in [0.15, 0.2) is 194 Å². The zero-order chi connectivity index (χ0) is 43.3. The highest BCUT2D eigenvalue weighted by Gasteiger charge is 2.39. The van der Waals surface area contributed by atoms with Crippen LogP contribution in [0.2, 0.25) is 0 Å². The van der Waals surface area contributed by atoms with Gasteiger partial charge in [0.05, 0.1) is 11.4 Å². The summed E-state index contributed by atoms with van der Waals surface area (Å²) in [6.07, 6.45) is 0. The molecule has 1 heteroatoms. The predicted octanol–water partition coefficient (Wildman–Crippen LogP) is 17.2. The van der Waals surface area contributed by atoms with Crippen LogP contribution in [0.25, 0.3) is 66.4 Å². The Morgan fingerprint density at radius 1 is 0.365 bits per heavy atom. The average Bonchev–Trinajstić information content (AvgIpc) is 3.68. The van der Waals surface area contributed by atoms with Crippen LogP contribution in [0.4, 0.5) is 17.1 Å². The Labute approximate surface area is 373 Å². The second-order valence-electron chi connectivity index (χ2n) is 19.7. The van der Waals surface area contributed by atoms with Crippen LogP contribution in [-0.2, 0) is 16.2 Å². The lowest BCUT2D eigenvalue weighted by Crippen LogP contribution is -2.16. The molecule has 0 heterocycles. The fraction of sp³-hybridized carbons (Fsp3) is 0.161. The molecule has 9 aromatic rings. The van der Waals surface area contributed by atoms with E-state index >= 15 is 0 Å². The number of rotatable bonds is 6. The highest BCUT2D eigenvalue weighted by Crippen LogP contribution is 2.57. The minimum absolute atomic E-state index is 0.0813. The Hall–Kier alpha value is -6.96. The van der Waals surface area contributed by atoms with Gasteiger partial charge in [0.2, 0.25) is 0 Å². The summed E-state index contributed by atoms with van der Waals surface area (Å²) in [5.74, 6) is 0. The van der Waals surface area contributed by atoms with Crippen molar-refractivity contribution in [3.05, 3.63) is 222 Å². The number of benzene rings is 9. The maximum absolute atomic E-state index is 2.57. The molecule has 0 unspecified atom stereocenters. The van der Waals surface area contributed by atoms with Gasteiger partial charge in [-0.1, -0.05) is 212 Å². The minimum Gasteiger partial charge on any atom is -0.309 e. The van der Waals surface area contributed by atoms with Crippen LogP contribution in [-0.4, -0.2) is 0 Å². The van der Waals surface area contributed by atoms with E-state index in [4.69, 9.17) is 0 Å². The standard InChI is InChI=1S/C62H53N/c1-60(2,3)44-32-28-40(29-33-44)43-31-36-56(50(38-43)41-18-9-8-10-19-41)63(45-34-35-54-51(39-45)47-22-13-15-25-52(47)61(54,4)5)57-37-30-42-20-11-12-21-46(42)59(57)49-24-17-27-55-58(49)48-23-14-16-26-53(48)62(55,6)7/h8-39H,1-7H3. The van der Waals surface area contributed by atoms with Gasteiger partial charge >= 0.3 is 0 Å². The normalized spacial score (nSPS) is 14.2. The highest BCUT2D eigenvalue weighted by atomic mass is 15.1. The SMILES string of the molecule is CC(C)(C)c1ccc(-c2ccc(N(c3ccc4c(c3)-c3ccccc3C4(C)C)c3ccc4ccccc4c3-c3cccc4c3-c3ccccc3C4(C)C)c(-c3ccccc3)c2)cc1. The monoisotopic (exact) mass is 811 g/mol. The molecule has 2 aliphatic carbocycles. The highest BCUT2D eigenvalue weighted by molar-refractivity contribution is 6.10. The summed E-state index contributed by atoms with van der Waals surface area (Å²) in [6.45, 7) is 16.3. The third kappa shape index (κ3) is 6.12. The van der Waals surface area contributed by atoms with E-state index in [0.29, 0.717) is 0 Å². The third-order valence-corrected chi connectivity index (χ3v) is 14.3. The summed E-state index contributed by atoms with van der Waals surface area (Å²) in [5, 5.41) is 2.46. The van der Waals surface area contributed by atoms with E-state index in [9.17, 15) is 0 Å². The van der Waals surface area contributed by atoms with Crippen LogP contribution in [0.3, 0.4) is 0 Å². The first-order chi connectivity index (χ1) is 30.4. The van der Waals surface area contributed by atoms with Gasteiger partial charge in [-0.15, -0.1) is 0 Å². The van der Waals surface area contributed by atoms with E-state index < -0.39 is 0 Å². The maximum Gasteiger partial charge on any atom is 0.0546 e. The van der Waals surface area contributed by atoms with Crippen molar-refractivity contribution in [3.8, 4) is 55.6 Å². The van der Waals surface area contributed by atoms with Crippen LogP contribution in [0.1, 0.15) is 76.3 Å². The fourth-order valence-corrected chi connectivity index (χ4v) is 10.9. The van der Waals surface area contributed by atoms with E-state index in [0.717, 1.165) is 17.1 Å². The Balaban J connectivity index is 1.23. The van der Waals surface area contributed by atoms with E-state index in [1.54, 1.807) is 0 Å². The van der Waals surface area contributed by atoms with Gasteiger partial charge in [0.1, 0.15) is 0 Å². The second kappa shape index (κ2) is 14.3. The first kappa shape index (κ1) is 38.9. The number of hydrogen-bond donors (Lipinski definition) is 0. The lowest BCUT2D eigenvalue weighted by atomic mass is 9.81. The molecule has 1 nitrogen and oxygen atoms in total. The molecule has 0 spiro atoms. The van der Waals surface area contributed by atoms with Gasteiger partial charge in [-0.2, -0.15) is 0 Å². The van der Waals surface area contributed by atoms with Crippen LogP contribution in [0.5, 0.6) is 0 Å². The molecule has 0 fully saturated rings. The molecule has 9 aromatic carbocycles. The first-order valence-corrected chi connectivity index (χ1v) is 22.5. The molecule has 0 N–H and O–H groups in total. The molecule has 0 atom stereocenters. The van der Waals surface area contributed by atoms with Crippen molar-refractivity contribution < 1.29 is 0 Å². The van der Waals surface area contributed by atoms with Crippen LogP contribution in [0, 0.1) is 0 Å². The average molecular weight is 812 g/mol. The summed E-state index contributed by atoms with van der Waals surface area (Å²) in [6, 6.07) is 73.1. The summed E-state index contributed by atoms with van der Waals surface area (Å²) >= 11 is 0. The quantitative estimate of drug-likeness (QED) is 0.162. The first-order valence-electron chi connectivity index (χ1n) is 22.5. The number of anilines is 3. The maximum atomic E-state index is 2.57. The van der Waals surface area contributed by atoms with Gasteiger partial charge in [0.15, 0.2) is 0 Å². The molecule has 63 heavy (non-hydrogen) atoms. The molecule has 11 rings (SSSR count). The largest absolute Gasteiger partial charge is 0.309 e. The Kier molecular flexibility index (Phi) is 8.83. The molecule has 0 bridgehead atoms. The zero-order valence-corrected chi connectivity index (χ0v) is 37.4. The molecular formula is C62H53N. The number of hydrogen-bond acceptors (Lipinski definition) is 1. The summed E-state index contributed by atoms with van der Waals surface area (Å²) < 4.78 is 0. The molecule has 0 saturated carbocycles. The molecule has 306 valence electrons. The van der Waals surface area contributed by atoms with E-state index in [-0.39, 0.29) is 16.2 Å². The molecule has 0 aromatic heterocycles. The Bertz CT molecular complexity index is 3250. The lowest BCUT2D eigenvalue weighted by molar-refractivity contribution is 0.590. The number of nitrogens with zero attached hydrogens (tertiary/aromatic N) is 1. The topological polar surface area (TPSA) is 3.24 Å². The van der Waals surface area contributed by atoms with Gasteiger partial charge in [-0.25, -0.2) is 0 Å². The van der Waals surface area contributed by atoms with E-state index in [1.807, 2.05) is 0 Å². The van der Waals surface area contributed by atoms with E-state index in [1.165, 1.54) is 94.2 Å². The van der Waals surface area contributed by atoms with Crippen molar-refractivity contribution in [2.24, 2.45) is 0 Å². The molecule has 0 aliphatic heterocycles. The van der Waals surface area contributed by atoms with Gasteiger partial charge in [-0.05, 0) is 119 Å². The van der Waals surface area contributed by atoms with Crippen molar-refractivity contribution in [1.82, 2.24) is 0 Å². The summed E-state index contributed by atoms with van der Waals surface area (Å²) in [7, 11) is 0. The zero-order valence-electron chi connectivity index (χ0n) is 37.4. The van der Waals surface area contributed by atoms with Crippen molar-refractivity contribution in [2.75, 3.05) is 4.90 Å². The molecule has 0 radical (unpaired) electrons. The van der Waals surface area contributed by atoms with Gasteiger partial charge in [0.25, 0.3) is 0 Å². The predicted molar refractivity (Wildman–Crippen MR) is 269 cm³/mol. The third-order valence-electron chi connectivity index (χ3n) is 14.3. The van der Waals surface area contributed by atoms with Crippen LogP contribution < -0.4 is 4.90 Å². The molecular weight excluding hydrogens is 759 g/mol. The fourth-order valence-electron chi connectivity index (χ4n) is 10.9. The Morgan fingerprint density at radius 3 is 1.71 bits per heavy atom. The Morgan fingerprint density at radius 2 is 0.952 bits per heavy atom.